The van der Waals surface area contributed by atoms with Crippen LogP contribution in [-0.4, -0.2) is 37.1 Å². The van der Waals surface area contributed by atoms with Crippen LogP contribution in [-0.2, 0) is 0 Å². The fourth-order valence-corrected chi connectivity index (χ4v) is 4.56. The number of para-hydroxylation sites is 1. The van der Waals surface area contributed by atoms with Crippen molar-refractivity contribution in [3.8, 4) is 0 Å². The highest BCUT2D eigenvalue weighted by atomic mass is 35.5. The van der Waals surface area contributed by atoms with Crippen molar-refractivity contribution >= 4 is 59.8 Å². The summed E-state index contributed by atoms with van der Waals surface area (Å²) in [5, 5.41) is 6.29. The van der Waals surface area contributed by atoms with E-state index in [1.54, 1.807) is 17.4 Å². The summed E-state index contributed by atoms with van der Waals surface area (Å²) >= 11 is 7.72. The molecule has 0 saturated heterocycles. The summed E-state index contributed by atoms with van der Waals surface area (Å²) < 4.78 is 1.82. The molecule has 0 aliphatic rings. The number of rotatable bonds is 5. The first kappa shape index (κ1) is 18.2. The number of halogens is 1. The average Bonchev–Trinajstić information content (AvgIpc) is 2.65. The number of fused-ring (bicyclic) bond motifs is 4. The van der Waals surface area contributed by atoms with E-state index >= 15 is 0 Å². The van der Waals surface area contributed by atoms with Crippen LogP contribution in [0.1, 0.15) is 6.42 Å². The van der Waals surface area contributed by atoms with Gasteiger partial charge < -0.3 is 10.2 Å². The third kappa shape index (κ3) is 3.50. The number of nitrogens with zero attached hydrogens (tertiary/aromatic N) is 2. The molecule has 0 unspecified atom stereocenters. The molecular weight excluding hydrogens is 378 g/mol. The van der Waals surface area contributed by atoms with E-state index in [9.17, 15) is 4.79 Å². The largest absolute Gasteiger partial charge is 0.369 e. The van der Waals surface area contributed by atoms with Gasteiger partial charge >= 0.3 is 0 Å². The Balaban J connectivity index is 1.95. The van der Waals surface area contributed by atoms with Crippen LogP contribution in [0.25, 0.3) is 31.1 Å². The van der Waals surface area contributed by atoms with Crippen LogP contribution >= 0.6 is 22.9 Å². The van der Waals surface area contributed by atoms with E-state index in [2.05, 4.69) is 24.3 Å². The average molecular weight is 398 g/mol. The monoisotopic (exact) mass is 397 g/mol. The Hall–Kier alpha value is -2.21. The number of nitrogens with one attached hydrogen (secondary N) is 1. The Morgan fingerprint density at radius 1 is 1.15 bits per heavy atom. The van der Waals surface area contributed by atoms with Gasteiger partial charge in [0.15, 0.2) is 5.43 Å². The van der Waals surface area contributed by atoms with Crippen LogP contribution in [0, 0.1) is 0 Å². The third-order valence-corrected chi connectivity index (χ3v) is 5.96. The molecule has 0 bridgehead atoms. The molecule has 0 amide bonds. The lowest BCUT2D eigenvalue weighted by Crippen LogP contribution is -2.17. The summed E-state index contributed by atoms with van der Waals surface area (Å²) in [6, 6.07) is 13.3. The van der Waals surface area contributed by atoms with E-state index < -0.39 is 0 Å². The molecule has 0 spiro atoms. The minimum Gasteiger partial charge on any atom is -0.369 e. The number of anilines is 1. The molecule has 2 aromatic heterocycles. The van der Waals surface area contributed by atoms with Crippen molar-refractivity contribution in [2.75, 3.05) is 32.5 Å². The molecule has 0 aliphatic carbocycles. The van der Waals surface area contributed by atoms with Gasteiger partial charge in [0.2, 0.25) is 0 Å². The van der Waals surface area contributed by atoms with E-state index in [0.29, 0.717) is 10.4 Å². The highest BCUT2D eigenvalue weighted by Crippen LogP contribution is 2.34. The molecule has 0 saturated carbocycles. The van der Waals surface area contributed by atoms with Gasteiger partial charge in [0.1, 0.15) is 5.82 Å². The number of aromatic nitrogens is 1. The number of hydrogen-bond acceptors (Lipinski definition) is 5. The van der Waals surface area contributed by atoms with Crippen molar-refractivity contribution in [2.45, 2.75) is 6.42 Å². The summed E-state index contributed by atoms with van der Waals surface area (Å²) in [6.07, 6.45) is 1.00. The predicted octanol–water partition coefficient (Wildman–Crippen LogP) is 4.98. The van der Waals surface area contributed by atoms with Gasteiger partial charge in [0.05, 0.1) is 15.6 Å². The quantitative estimate of drug-likeness (QED) is 0.293. The summed E-state index contributed by atoms with van der Waals surface area (Å²) in [5.41, 5.74) is 0.835. The summed E-state index contributed by atoms with van der Waals surface area (Å²) in [5.74, 6) is 0.779. The van der Waals surface area contributed by atoms with Crippen LogP contribution in [0.5, 0.6) is 0 Å². The topological polar surface area (TPSA) is 45.2 Å². The second-order valence-electron chi connectivity index (χ2n) is 6.84. The zero-order chi connectivity index (χ0) is 19.0. The van der Waals surface area contributed by atoms with E-state index in [-0.39, 0.29) is 5.43 Å². The first-order valence-electron chi connectivity index (χ1n) is 8.88. The molecule has 4 aromatic rings. The Labute approximate surface area is 166 Å². The third-order valence-electron chi connectivity index (χ3n) is 4.55. The highest BCUT2D eigenvalue weighted by Gasteiger charge is 2.15. The Morgan fingerprint density at radius 2 is 1.96 bits per heavy atom. The van der Waals surface area contributed by atoms with Crippen LogP contribution in [0.15, 0.2) is 47.3 Å². The van der Waals surface area contributed by atoms with Crippen molar-refractivity contribution in [1.82, 2.24) is 9.88 Å². The minimum absolute atomic E-state index is 0.0104. The molecule has 0 radical (unpaired) electrons. The van der Waals surface area contributed by atoms with E-state index in [4.69, 9.17) is 16.6 Å². The molecule has 138 valence electrons. The summed E-state index contributed by atoms with van der Waals surface area (Å²) in [6.45, 7) is 1.80. The Morgan fingerprint density at radius 3 is 2.78 bits per heavy atom. The maximum Gasteiger partial charge on any atom is 0.196 e. The second-order valence-corrected chi connectivity index (χ2v) is 8.33. The van der Waals surface area contributed by atoms with Gasteiger partial charge in [0.25, 0.3) is 0 Å². The normalized spacial score (nSPS) is 11.7. The zero-order valence-electron chi connectivity index (χ0n) is 15.3. The van der Waals surface area contributed by atoms with E-state index in [1.807, 2.05) is 36.4 Å². The first-order valence-corrected chi connectivity index (χ1v) is 10.1. The van der Waals surface area contributed by atoms with Gasteiger partial charge in [-0.25, -0.2) is 4.98 Å². The lowest BCUT2D eigenvalue weighted by Gasteiger charge is -2.13. The van der Waals surface area contributed by atoms with Gasteiger partial charge in [-0.2, -0.15) is 0 Å². The smallest absolute Gasteiger partial charge is 0.196 e. The standard InChI is InChI=1S/C21H20ClN3OS/c1-25(2)11-5-10-23-21-20-18(14-6-3-4-7-16(14)24-21)19(26)15-12-13(22)8-9-17(15)27-20/h3-4,6-9,12H,5,10-11H2,1-2H3,(H,23,24). The van der Waals surface area contributed by atoms with E-state index in [1.165, 1.54) is 0 Å². The van der Waals surface area contributed by atoms with Gasteiger partial charge in [-0.3, -0.25) is 4.79 Å². The predicted molar refractivity (Wildman–Crippen MR) is 118 cm³/mol. The lowest BCUT2D eigenvalue weighted by molar-refractivity contribution is 0.405. The first-order chi connectivity index (χ1) is 13.0. The molecular formula is C21H20ClN3OS. The van der Waals surface area contributed by atoms with Crippen LogP contribution in [0.4, 0.5) is 5.82 Å². The Kier molecular flexibility index (Phi) is 5.00. The number of pyridine rings is 1. The zero-order valence-corrected chi connectivity index (χ0v) is 16.8. The molecule has 0 aliphatic heterocycles. The number of hydrogen-bond donors (Lipinski definition) is 1. The van der Waals surface area contributed by atoms with Gasteiger partial charge in [-0.15, -0.1) is 11.3 Å². The second kappa shape index (κ2) is 7.43. The highest BCUT2D eigenvalue weighted by molar-refractivity contribution is 7.25. The van der Waals surface area contributed by atoms with Crippen LogP contribution < -0.4 is 10.7 Å². The fourth-order valence-electron chi connectivity index (χ4n) is 3.25. The molecule has 1 N–H and O–H groups in total. The van der Waals surface area contributed by atoms with Crippen molar-refractivity contribution in [2.24, 2.45) is 0 Å². The molecule has 2 heterocycles. The van der Waals surface area contributed by atoms with Crippen molar-refractivity contribution in [1.29, 1.82) is 0 Å². The molecule has 4 rings (SSSR count). The molecule has 0 atom stereocenters. The molecule has 2 aromatic carbocycles. The molecule has 27 heavy (non-hydrogen) atoms. The Bertz CT molecular complexity index is 1200. The fraction of sp³-hybridized carbons (Fsp3) is 0.238. The van der Waals surface area contributed by atoms with Gasteiger partial charge in [-0.1, -0.05) is 29.8 Å². The maximum absolute atomic E-state index is 13.3. The number of benzene rings is 2. The van der Waals surface area contributed by atoms with Crippen LogP contribution in [0.2, 0.25) is 5.02 Å². The van der Waals surface area contributed by atoms with Crippen molar-refractivity contribution in [3.05, 3.63) is 57.7 Å². The van der Waals surface area contributed by atoms with Crippen molar-refractivity contribution < 1.29 is 0 Å². The van der Waals surface area contributed by atoms with Crippen LogP contribution in [0.3, 0.4) is 0 Å². The van der Waals surface area contributed by atoms with Gasteiger partial charge in [-0.05, 0) is 51.3 Å². The van der Waals surface area contributed by atoms with E-state index in [0.717, 1.165) is 51.0 Å². The summed E-state index contributed by atoms with van der Waals surface area (Å²) in [7, 11) is 4.12. The molecule has 6 heteroatoms. The minimum atomic E-state index is 0.0104. The van der Waals surface area contributed by atoms with Crippen molar-refractivity contribution in [3.63, 3.8) is 0 Å². The van der Waals surface area contributed by atoms with Gasteiger partial charge in [0, 0.05) is 27.0 Å². The molecule has 4 nitrogen and oxygen atoms in total. The molecule has 0 fully saturated rings. The summed E-state index contributed by atoms with van der Waals surface area (Å²) in [4.78, 5) is 20.3. The lowest BCUT2D eigenvalue weighted by atomic mass is 10.1. The maximum atomic E-state index is 13.3. The SMILES string of the molecule is CN(C)CCCNc1nc2ccccc2c2c(=O)c3cc(Cl)ccc3sc12.